The quantitative estimate of drug-likeness (QED) is 0.403. The average molecular weight is 373 g/mol. The van der Waals surface area contributed by atoms with Crippen LogP contribution in [0.1, 0.15) is 5.69 Å². The van der Waals surface area contributed by atoms with Crippen LogP contribution in [-0.2, 0) is 7.05 Å². The van der Waals surface area contributed by atoms with Crippen LogP contribution in [0.5, 0.6) is 0 Å². The lowest BCUT2D eigenvalue weighted by Gasteiger charge is -2.06. The first-order chi connectivity index (χ1) is 13.2. The number of aryl methyl sites for hydroxylation is 1. The predicted octanol–water partition coefficient (Wildman–Crippen LogP) is 3.74. The molecule has 0 fully saturated rings. The molecule has 7 nitrogen and oxygen atoms in total. The molecular formula is C19H15N7S. The van der Waals surface area contributed by atoms with Gasteiger partial charge < -0.3 is 4.57 Å². The van der Waals surface area contributed by atoms with E-state index < -0.39 is 0 Å². The van der Waals surface area contributed by atoms with E-state index in [0.717, 1.165) is 21.5 Å². The Morgan fingerprint density at radius 2 is 2.11 bits per heavy atom. The van der Waals surface area contributed by atoms with Crippen LogP contribution in [0.2, 0.25) is 0 Å². The van der Waals surface area contributed by atoms with Crippen molar-refractivity contribution in [1.29, 1.82) is 0 Å². The monoisotopic (exact) mass is 373 g/mol. The van der Waals surface area contributed by atoms with Crippen LogP contribution in [0.15, 0.2) is 65.6 Å². The molecular weight excluding hydrogens is 358 g/mol. The van der Waals surface area contributed by atoms with E-state index in [1.807, 2.05) is 42.1 Å². The van der Waals surface area contributed by atoms with Crippen LogP contribution in [-0.4, -0.2) is 37.3 Å². The number of pyridine rings is 2. The first-order valence-electron chi connectivity index (χ1n) is 8.07. The first-order valence-corrected chi connectivity index (χ1v) is 8.89. The minimum absolute atomic E-state index is 0.413. The van der Waals surface area contributed by atoms with E-state index in [1.54, 1.807) is 12.4 Å². The fraction of sp³-hybridized carbons (Fsp3) is 0.0526. The summed E-state index contributed by atoms with van der Waals surface area (Å²) in [7, 11) is 1.95. The van der Waals surface area contributed by atoms with Gasteiger partial charge in [0.25, 0.3) is 0 Å². The lowest BCUT2D eigenvalue weighted by atomic mass is 10.2. The van der Waals surface area contributed by atoms with Crippen molar-refractivity contribution in [3.8, 4) is 21.3 Å². The molecule has 0 unspecified atom stereocenters. The van der Waals surface area contributed by atoms with Crippen molar-refractivity contribution in [2.75, 3.05) is 0 Å². The zero-order valence-electron chi connectivity index (χ0n) is 14.6. The molecule has 132 valence electrons. The molecule has 0 spiro atoms. The summed E-state index contributed by atoms with van der Waals surface area (Å²) in [4.78, 5) is 17.1. The zero-order chi connectivity index (χ0) is 18.8. The van der Waals surface area contributed by atoms with E-state index in [2.05, 4.69) is 38.5 Å². The summed E-state index contributed by atoms with van der Waals surface area (Å²) in [6, 6.07) is 7.83. The second kappa shape index (κ2) is 7.00. The molecule has 0 saturated carbocycles. The molecule has 0 bridgehead atoms. The Morgan fingerprint density at radius 3 is 2.85 bits per heavy atom. The Bertz CT molecular complexity index is 1170. The number of aliphatic imine (C=N–C) groups is 2. The van der Waals surface area contributed by atoms with Crippen molar-refractivity contribution in [1.82, 2.24) is 24.7 Å². The molecule has 0 aliphatic carbocycles. The molecule has 0 aliphatic heterocycles. The zero-order valence-corrected chi connectivity index (χ0v) is 15.4. The van der Waals surface area contributed by atoms with Gasteiger partial charge in [0.15, 0.2) is 10.8 Å². The maximum Gasteiger partial charge on any atom is 0.179 e. The smallest absolute Gasteiger partial charge is 0.179 e. The van der Waals surface area contributed by atoms with Gasteiger partial charge in [-0.2, -0.15) is 0 Å². The number of hydrogen-bond donors (Lipinski definition) is 0. The molecule has 0 radical (unpaired) electrons. The SMILES string of the molecule is C=CN=C(N=C)c1nc(-c2nnc(-c3cccnc3)s2)cc2ccn(C)c12. The van der Waals surface area contributed by atoms with Gasteiger partial charge in [0.05, 0.1) is 5.52 Å². The van der Waals surface area contributed by atoms with Gasteiger partial charge in [-0.3, -0.25) is 4.98 Å². The van der Waals surface area contributed by atoms with Gasteiger partial charge in [-0.25, -0.2) is 15.0 Å². The average Bonchev–Trinajstić information content (AvgIpc) is 3.34. The number of hydrogen-bond acceptors (Lipinski definition) is 6. The Morgan fingerprint density at radius 1 is 1.26 bits per heavy atom. The largest absolute Gasteiger partial charge is 0.349 e. The van der Waals surface area contributed by atoms with Crippen LogP contribution >= 0.6 is 11.3 Å². The molecule has 0 amide bonds. The first kappa shape index (κ1) is 16.9. The summed E-state index contributed by atoms with van der Waals surface area (Å²) in [6.07, 6.45) is 6.89. The second-order valence-electron chi connectivity index (χ2n) is 5.67. The highest BCUT2D eigenvalue weighted by atomic mass is 32.1. The number of fused-ring (bicyclic) bond motifs is 1. The predicted molar refractivity (Wildman–Crippen MR) is 109 cm³/mol. The number of amidine groups is 1. The normalized spacial score (nSPS) is 11.7. The van der Waals surface area contributed by atoms with Gasteiger partial charge in [-0.15, -0.1) is 10.2 Å². The van der Waals surface area contributed by atoms with Gasteiger partial charge in [0, 0.05) is 42.8 Å². The van der Waals surface area contributed by atoms with Crippen molar-refractivity contribution in [3.63, 3.8) is 0 Å². The second-order valence-corrected chi connectivity index (χ2v) is 6.65. The van der Waals surface area contributed by atoms with Crippen molar-refractivity contribution in [2.24, 2.45) is 17.0 Å². The molecule has 0 aliphatic rings. The van der Waals surface area contributed by atoms with Crippen LogP contribution < -0.4 is 0 Å². The van der Waals surface area contributed by atoms with E-state index in [9.17, 15) is 0 Å². The highest BCUT2D eigenvalue weighted by molar-refractivity contribution is 7.17. The number of rotatable bonds is 4. The molecule has 4 aromatic rings. The molecule has 4 heterocycles. The molecule has 4 rings (SSSR count). The fourth-order valence-corrected chi connectivity index (χ4v) is 3.58. The molecule has 0 atom stereocenters. The van der Waals surface area contributed by atoms with E-state index >= 15 is 0 Å². The third-order valence-electron chi connectivity index (χ3n) is 3.98. The topological polar surface area (TPSA) is 81.2 Å². The summed E-state index contributed by atoms with van der Waals surface area (Å²) >= 11 is 1.46. The Hall–Kier alpha value is -3.52. The number of aromatic nitrogens is 5. The van der Waals surface area contributed by atoms with Gasteiger partial charge in [-0.05, 0) is 31.0 Å². The maximum absolute atomic E-state index is 4.76. The molecule has 0 aromatic carbocycles. The van der Waals surface area contributed by atoms with Gasteiger partial charge >= 0.3 is 0 Å². The third kappa shape index (κ3) is 3.06. The van der Waals surface area contributed by atoms with Crippen LogP contribution in [0.4, 0.5) is 0 Å². The Kier molecular flexibility index (Phi) is 4.39. The maximum atomic E-state index is 4.76. The summed E-state index contributed by atoms with van der Waals surface area (Å²) < 4.78 is 1.98. The lowest BCUT2D eigenvalue weighted by Crippen LogP contribution is -2.05. The highest BCUT2D eigenvalue weighted by Gasteiger charge is 2.17. The minimum atomic E-state index is 0.413. The number of nitrogens with zero attached hydrogens (tertiary/aromatic N) is 7. The summed E-state index contributed by atoms with van der Waals surface area (Å²) in [6.45, 7) is 7.26. The summed E-state index contributed by atoms with van der Waals surface area (Å²) in [5, 5.41) is 11.1. The summed E-state index contributed by atoms with van der Waals surface area (Å²) in [5.74, 6) is 0.413. The van der Waals surface area contributed by atoms with Crippen LogP contribution in [0, 0.1) is 0 Å². The fourth-order valence-electron chi connectivity index (χ4n) is 2.78. The summed E-state index contributed by atoms with van der Waals surface area (Å²) in [5.41, 5.74) is 3.17. The van der Waals surface area contributed by atoms with Crippen molar-refractivity contribution >= 4 is 34.8 Å². The van der Waals surface area contributed by atoms with Gasteiger partial charge in [0.2, 0.25) is 0 Å². The molecule has 0 N–H and O–H groups in total. The minimum Gasteiger partial charge on any atom is -0.349 e. The Balaban J connectivity index is 1.88. The molecule has 27 heavy (non-hydrogen) atoms. The van der Waals surface area contributed by atoms with Gasteiger partial charge in [-0.1, -0.05) is 17.9 Å². The van der Waals surface area contributed by atoms with E-state index in [1.165, 1.54) is 17.5 Å². The molecule has 4 aromatic heterocycles. The van der Waals surface area contributed by atoms with Crippen LogP contribution in [0.3, 0.4) is 0 Å². The standard InChI is InChI=1S/C19H15N7S/c1-4-22-17(20-2)15-16-12(7-9-26(16)3)10-14(23-15)19-25-24-18(27-19)13-6-5-8-21-11-13/h4-11H,1-2H2,3H3. The van der Waals surface area contributed by atoms with Crippen molar-refractivity contribution in [3.05, 3.63) is 61.3 Å². The molecule has 8 heteroatoms. The van der Waals surface area contributed by atoms with E-state index in [0.29, 0.717) is 22.2 Å². The van der Waals surface area contributed by atoms with Crippen LogP contribution in [0.25, 0.3) is 32.2 Å². The van der Waals surface area contributed by atoms with Gasteiger partial charge in [0.1, 0.15) is 16.4 Å². The third-order valence-corrected chi connectivity index (χ3v) is 4.98. The lowest BCUT2D eigenvalue weighted by molar-refractivity contribution is 0.962. The van der Waals surface area contributed by atoms with E-state index in [4.69, 9.17) is 4.98 Å². The van der Waals surface area contributed by atoms with Crippen molar-refractivity contribution < 1.29 is 0 Å². The Labute approximate surface area is 159 Å². The van der Waals surface area contributed by atoms with Crippen molar-refractivity contribution in [2.45, 2.75) is 0 Å². The van der Waals surface area contributed by atoms with E-state index in [-0.39, 0.29) is 0 Å². The highest BCUT2D eigenvalue weighted by Crippen LogP contribution is 2.31. The molecule has 0 saturated heterocycles.